The maximum absolute atomic E-state index is 12.8. The average Bonchev–Trinajstić information content (AvgIpc) is 3.06. The molecule has 2 aromatic rings. The lowest BCUT2D eigenvalue weighted by Crippen LogP contribution is -2.28. The summed E-state index contributed by atoms with van der Waals surface area (Å²) in [7, 11) is 0. The van der Waals surface area contributed by atoms with E-state index in [9.17, 15) is 18.3 Å². The van der Waals surface area contributed by atoms with Crippen molar-refractivity contribution in [3.63, 3.8) is 0 Å². The van der Waals surface area contributed by atoms with Gasteiger partial charge in [-0.25, -0.2) is 0 Å². The van der Waals surface area contributed by atoms with Gasteiger partial charge in [0, 0.05) is 29.2 Å². The molecule has 0 saturated heterocycles. The minimum atomic E-state index is -4.20. The van der Waals surface area contributed by atoms with E-state index in [2.05, 4.69) is 5.32 Å². The third-order valence-electron chi connectivity index (χ3n) is 6.15. The monoisotopic (exact) mass is 459 g/mol. The molecule has 1 unspecified atom stereocenters. The Morgan fingerprint density at radius 1 is 1.00 bits per heavy atom. The molecule has 1 aliphatic heterocycles. The van der Waals surface area contributed by atoms with Crippen molar-refractivity contribution in [3.8, 4) is 0 Å². The Hall–Kier alpha value is -2.50. The first-order chi connectivity index (χ1) is 15.3. The van der Waals surface area contributed by atoms with Crippen molar-refractivity contribution in [1.29, 1.82) is 0 Å². The minimum absolute atomic E-state index is 0.196. The summed E-state index contributed by atoms with van der Waals surface area (Å²) in [5, 5.41) is 16.0. The zero-order valence-electron chi connectivity index (χ0n) is 17.5. The number of nitrogens with one attached hydrogen (secondary N) is 1. The van der Waals surface area contributed by atoms with E-state index in [4.69, 9.17) is 11.6 Å². The predicted molar refractivity (Wildman–Crippen MR) is 124 cm³/mol. The number of allylic oxidation sites excluding steroid dienone is 5. The molecule has 2 N–H and O–H groups in total. The van der Waals surface area contributed by atoms with Crippen LogP contribution in [0.3, 0.4) is 0 Å². The molecule has 2 aliphatic carbocycles. The molecule has 1 heterocycles. The van der Waals surface area contributed by atoms with Gasteiger partial charge in [-0.05, 0) is 77.5 Å². The van der Waals surface area contributed by atoms with Crippen LogP contribution in [0.15, 0.2) is 72.6 Å². The van der Waals surface area contributed by atoms with Gasteiger partial charge in [-0.1, -0.05) is 48.0 Å². The van der Waals surface area contributed by atoms with Crippen LogP contribution in [0.2, 0.25) is 5.02 Å². The smallest absolute Gasteiger partial charge is 0.389 e. The van der Waals surface area contributed by atoms with Crippen LogP contribution < -0.4 is 5.32 Å². The second-order valence-electron chi connectivity index (χ2n) is 8.34. The summed E-state index contributed by atoms with van der Waals surface area (Å²) in [6.07, 6.45) is 7.77. The molecule has 0 spiro atoms. The number of alkyl halides is 3. The number of fused-ring (bicyclic) bond motifs is 4. The number of rotatable bonds is 1. The molecule has 2 aromatic carbocycles. The highest BCUT2D eigenvalue weighted by Gasteiger charge is 2.38. The molecule has 0 amide bonds. The van der Waals surface area contributed by atoms with E-state index < -0.39 is 24.6 Å². The zero-order chi connectivity index (χ0) is 22.7. The average molecular weight is 460 g/mol. The number of benzene rings is 2. The van der Waals surface area contributed by atoms with Gasteiger partial charge in [-0.2, -0.15) is 13.2 Å². The van der Waals surface area contributed by atoms with Crippen molar-refractivity contribution in [3.05, 3.63) is 88.8 Å². The van der Waals surface area contributed by atoms with E-state index in [-0.39, 0.29) is 6.42 Å². The van der Waals surface area contributed by atoms with E-state index in [1.54, 1.807) is 0 Å². The topological polar surface area (TPSA) is 32.3 Å². The van der Waals surface area contributed by atoms with Gasteiger partial charge in [0.25, 0.3) is 0 Å². The number of aliphatic hydroxyl groups excluding tert-OH is 1. The van der Waals surface area contributed by atoms with Gasteiger partial charge in [0.15, 0.2) is 0 Å². The SMILES string of the molecule is C1=CC=CNC=C1.O[C@@H]1CC(CC(F)(F)F)CC2=C1CCc1c2ccc2cccc(Cl)c12. The molecule has 2 nitrogen and oxygen atoms in total. The fourth-order valence-corrected chi connectivity index (χ4v) is 5.16. The van der Waals surface area contributed by atoms with Crippen molar-refractivity contribution in [1.82, 2.24) is 5.32 Å². The first kappa shape index (κ1) is 22.7. The number of halogens is 4. The third kappa shape index (κ3) is 5.11. The van der Waals surface area contributed by atoms with Crippen molar-refractivity contribution in [2.75, 3.05) is 0 Å². The molecule has 5 rings (SSSR count). The van der Waals surface area contributed by atoms with Crippen LogP contribution in [0.4, 0.5) is 13.2 Å². The number of aliphatic hydroxyl groups is 1. The van der Waals surface area contributed by atoms with Crippen LogP contribution in [0.5, 0.6) is 0 Å². The van der Waals surface area contributed by atoms with E-state index in [0.29, 0.717) is 17.9 Å². The fraction of sp³-hybridized carbons (Fsp3) is 0.308. The molecule has 0 saturated carbocycles. The lowest BCUT2D eigenvalue weighted by atomic mass is 9.72. The molecule has 3 aliphatic rings. The van der Waals surface area contributed by atoms with E-state index >= 15 is 0 Å². The van der Waals surface area contributed by atoms with Crippen molar-refractivity contribution >= 4 is 27.9 Å². The summed E-state index contributed by atoms with van der Waals surface area (Å²) in [5.41, 5.74) is 3.88. The highest BCUT2D eigenvalue weighted by Crippen LogP contribution is 2.47. The van der Waals surface area contributed by atoms with Crippen LogP contribution >= 0.6 is 11.6 Å². The number of aryl methyl sites for hydroxylation is 1. The highest BCUT2D eigenvalue weighted by molar-refractivity contribution is 6.36. The van der Waals surface area contributed by atoms with E-state index in [0.717, 1.165) is 39.5 Å². The van der Waals surface area contributed by atoms with E-state index in [1.807, 2.05) is 67.0 Å². The van der Waals surface area contributed by atoms with E-state index in [1.165, 1.54) is 0 Å². The number of hydrogen-bond acceptors (Lipinski definition) is 2. The second-order valence-corrected chi connectivity index (χ2v) is 8.75. The van der Waals surface area contributed by atoms with Crippen LogP contribution in [0.25, 0.3) is 16.3 Å². The molecule has 0 fully saturated rings. The Balaban J connectivity index is 0.000000300. The first-order valence-electron chi connectivity index (χ1n) is 10.7. The summed E-state index contributed by atoms with van der Waals surface area (Å²) < 4.78 is 38.5. The molecule has 168 valence electrons. The summed E-state index contributed by atoms with van der Waals surface area (Å²) in [6, 6.07) is 9.68. The normalized spacial score (nSPS) is 21.9. The summed E-state index contributed by atoms with van der Waals surface area (Å²) in [5.74, 6) is -0.568. The van der Waals surface area contributed by atoms with Crippen molar-refractivity contribution < 1.29 is 18.3 Å². The Labute approximate surface area is 190 Å². The lowest BCUT2D eigenvalue weighted by molar-refractivity contribution is -0.146. The summed E-state index contributed by atoms with van der Waals surface area (Å²) in [4.78, 5) is 0. The quantitative estimate of drug-likeness (QED) is 0.477. The zero-order valence-corrected chi connectivity index (χ0v) is 18.3. The fourth-order valence-electron chi connectivity index (χ4n) is 4.86. The standard InChI is InChI=1S/C20H18ClF3O.C6H7N/c21-17-3-1-2-12-4-5-13-15(19(12)17)7-6-14-16(13)8-11(9-18(14)25)10-20(22,23)24;1-2-4-6-7-5-3-1/h1-5,11,18,25H,6-10H2;1-7H/t11?,18-;/m1./s1. The molecule has 6 heteroatoms. The molecule has 0 radical (unpaired) electrons. The maximum Gasteiger partial charge on any atom is 0.389 e. The van der Waals surface area contributed by atoms with Crippen LogP contribution in [0, 0.1) is 5.92 Å². The highest BCUT2D eigenvalue weighted by atomic mass is 35.5. The molecule has 32 heavy (non-hydrogen) atoms. The summed E-state index contributed by atoms with van der Waals surface area (Å²) >= 11 is 6.40. The predicted octanol–water partition coefficient (Wildman–Crippen LogP) is 7.09. The van der Waals surface area contributed by atoms with Gasteiger partial charge in [-0.15, -0.1) is 0 Å². The number of hydrogen-bond donors (Lipinski definition) is 2. The van der Waals surface area contributed by atoms with Crippen LogP contribution in [-0.2, 0) is 6.42 Å². The maximum atomic E-state index is 12.8. The van der Waals surface area contributed by atoms with Crippen LogP contribution in [0.1, 0.15) is 36.8 Å². The van der Waals surface area contributed by atoms with Gasteiger partial charge < -0.3 is 10.4 Å². The molecule has 0 aromatic heterocycles. The second kappa shape index (κ2) is 9.55. The lowest BCUT2D eigenvalue weighted by Gasteiger charge is -2.35. The Bertz CT molecular complexity index is 1100. The molecular formula is C26H25ClF3NO. The van der Waals surface area contributed by atoms with Crippen molar-refractivity contribution in [2.24, 2.45) is 5.92 Å². The Morgan fingerprint density at radius 3 is 2.47 bits per heavy atom. The molecule has 2 atom stereocenters. The molecule has 0 bridgehead atoms. The van der Waals surface area contributed by atoms with Gasteiger partial charge in [0.2, 0.25) is 0 Å². The van der Waals surface area contributed by atoms with Gasteiger partial charge in [0.1, 0.15) is 0 Å². The van der Waals surface area contributed by atoms with Gasteiger partial charge >= 0.3 is 6.18 Å². The molecular weight excluding hydrogens is 435 g/mol. The van der Waals surface area contributed by atoms with Gasteiger partial charge in [-0.3, -0.25) is 0 Å². The van der Waals surface area contributed by atoms with Gasteiger partial charge in [0.05, 0.1) is 6.10 Å². The minimum Gasteiger partial charge on any atom is -0.389 e. The largest absolute Gasteiger partial charge is 0.389 e. The Morgan fingerprint density at radius 2 is 1.75 bits per heavy atom. The first-order valence-corrected chi connectivity index (χ1v) is 11.1. The summed E-state index contributed by atoms with van der Waals surface area (Å²) in [6.45, 7) is 0. The Kier molecular flexibility index (Phi) is 6.77. The third-order valence-corrected chi connectivity index (χ3v) is 6.46. The van der Waals surface area contributed by atoms with Crippen LogP contribution in [-0.4, -0.2) is 17.4 Å². The van der Waals surface area contributed by atoms with Crippen molar-refractivity contribution in [2.45, 2.75) is 44.4 Å².